The van der Waals surface area contributed by atoms with Crippen molar-refractivity contribution < 1.29 is 13.2 Å². The highest BCUT2D eigenvalue weighted by atomic mass is 32.2. The van der Waals surface area contributed by atoms with Gasteiger partial charge in [0.15, 0.2) is 0 Å². The van der Waals surface area contributed by atoms with Crippen LogP contribution in [0.25, 0.3) is 11.1 Å². The Morgan fingerprint density at radius 2 is 1.42 bits per heavy atom. The Morgan fingerprint density at radius 3 is 2.03 bits per heavy atom. The van der Waals surface area contributed by atoms with E-state index in [0.717, 1.165) is 29.5 Å². The quantitative estimate of drug-likeness (QED) is 0.522. The van der Waals surface area contributed by atoms with Crippen LogP contribution in [0.3, 0.4) is 0 Å². The first-order valence-corrected chi connectivity index (χ1v) is 12.9. The fourth-order valence-electron chi connectivity index (χ4n) is 4.33. The Labute approximate surface area is 196 Å². The van der Waals surface area contributed by atoms with Gasteiger partial charge in [-0.2, -0.15) is 0 Å². The number of carbonyl (C=O) groups excluding carboxylic acids is 1. The van der Waals surface area contributed by atoms with E-state index in [9.17, 15) is 13.2 Å². The standard InChI is InChI=1S/C27H30N2O3S/c1-29(25-10-6-3-7-11-25)27(30)24-14-12-22(13-15-24)23-16-18-26(19-17-23)33(31,32)28-20-21-8-4-2-5-9-21/h2,4-5,8-9,12-19,25,28H,3,6-7,10-11,20H2,1H3. The molecule has 33 heavy (non-hydrogen) atoms. The van der Waals surface area contributed by atoms with Crippen molar-refractivity contribution in [2.24, 2.45) is 0 Å². The zero-order valence-electron chi connectivity index (χ0n) is 18.9. The second-order valence-corrected chi connectivity index (χ2v) is 10.4. The van der Waals surface area contributed by atoms with E-state index in [2.05, 4.69) is 4.72 Å². The van der Waals surface area contributed by atoms with Crippen molar-refractivity contribution in [2.45, 2.75) is 49.6 Å². The smallest absolute Gasteiger partial charge is 0.253 e. The maximum absolute atomic E-state index is 12.9. The molecule has 0 atom stereocenters. The minimum absolute atomic E-state index is 0.0550. The van der Waals surface area contributed by atoms with Gasteiger partial charge in [0.25, 0.3) is 5.91 Å². The molecule has 0 heterocycles. The molecule has 0 unspecified atom stereocenters. The van der Waals surface area contributed by atoms with Crippen LogP contribution in [-0.2, 0) is 16.6 Å². The number of amides is 1. The van der Waals surface area contributed by atoms with E-state index in [1.807, 2.05) is 66.5 Å². The summed E-state index contributed by atoms with van der Waals surface area (Å²) in [6.45, 7) is 0.246. The van der Waals surface area contributed by atoms with Gasteiger partial charge in [-0.25, -0.2) is 13.1 Å². The van der Waals surface area contributed by atoms with Gasteiger partial charge in [-0.3, -0.25) is 4.79 Å². The summed E-state index contributed by atoms with van der Waals surface area (Å²) in [5, 5.41) is 0. The van der Waals surface area contributed by atoms with E-state index >= 15 is 0 Å². The van der Waals surface area contributed by atoms with E-state index in [0.29, 0.717) is 11.6 Å². The molecule has 6 heteroatoms. The summed E-state index contributed by atoms with van der Waals surface area (Å²) >= 11 is 0. The third kappa shape index (κ3) is 5.70. The van der Waals surface area contributed by atoms with Gasteiger partial charge in [-0.05, 0) is 53.8 Å². The largest absolute Gasteiger partial charge is 0.339 e. The first-order valence-electron chi connectivity index (χ1n) is 11.5. The summed E-state index contributed by atoms with van der Waals surface area (Å²) < 4.78 is 27.9. The van der Waals surface area contributed by atoms with E-state index in [1.54, 1.807) is 24.3 Å². The minimum atomic E-state index is -3.60. The summed E-state index contributed by atoms with van der Waals surface area (Å²) in [6, 6.07) is 24.1. The second kappa shape index (κ2) is 10.3. The van der Waals surface area contributed by atoms with E-state index < -0.39 is 10.0 Å². The van der Waals surface area contributed by atoms with Gasteiger partial charge in [-0.1, -0.05) is 73.9 Å². The maximum Gasteiger partial charge on any atom is 0.253 e. The van der Waals surface area contributed by atoms with Crippen molar-refractivity contribution in [1.29, 1.82) is 0 Å². The Morgan fingerprint density at radius 1 is 0.848 bits per heavy atom. The average Bonchev–Trinajstić information content (AvgIpc) is 2.88. The first kappa shape index (κ1) is 23.2. The number of benzene rings is 3. The highest BCUT2D eigenvalue weighted by Gasteiger charge is 2.23. The third-order valence-electron chi connectivity index (χ3n) is 6.38. The molecule has 1 N–H and O–H groups in total. The highest BCUT2D eigenvalue weighted by molar-refractivity contribution is 7.89. The van der Waals surface area contributed by atoms with Gasteiger partial charge in [0.1, 0.15) is 0 Å². The Kier molecular flexibility index (Phi) is 7.26. The van der Waals surface area contributed by atoms with Gasteiger partial charge < -0.3 is 4.90 Å². The SMILES string of the molecule is CN(C(=O)c1ccc(-c2ccc(S(=O)(=O)NCc3ccccc3)cc2)cc1)C1CCCCC1. The number of sulfonamides is 1. The zero-order valence-corrected chi connectivity index (χ0v) is 19.7. The topological polar surface area (TPSA) is 66.5 Å². The lowest BCUT2D eigenvalue weighted by molar-refractivity contribution is 0.0696. The summed E-state index contributed by atoms with van der Waals surface area (Å²) in [7, 11) is -1.70. The van der Waals surface area contributed by atoms with Crippen LogP contribution in [0, 0.1) is 0 Å². The van der Waals surface area contributed by atoms with Crippen LogP contribution >= 0.6 is 0 Å². The lowest BCUT2D eigenvalue weighted by atomic mass is 9.94. The molecule has 3 aromatic rings. The van der Waals surface area contributed by atoms with Gasteiger partial charge >= 0.3 is 0 Å². The van der Waals surface area contributed by atoms with Crippen LogP contribution in [0.15, 0.2) is 83.8 Å². The third-order valence-corrected chi connectivity index (χ3v) is 7.80. The number of nitrogens with zero attached hydrogens (tertiary/aromatic N) is 1. The average molecular weight is 463 g/mol. The molecule has 0 aliphatic heterocycles. The van der Waals surface area contributed by atoms with Gasteiger partial charge in [0, 0.05) is 25.2 Å². The van der Waals surface area contributed by atoms with Crippen LogP contribution in [0.1, 0.15) is 48.0 Å². The molecular weight excluding hydrogens is 432 g/mol. The molecule has 1 aliphatic rings. The van der Waals surface area contributed by atoms with E-state index in [1.165, 1.54) is 19.3 Å². The summed E-state index contributed by atoms with van der Waals surface area (Å²) in [5.41, 5.74) is 3.42. The monoisotopic (exact) mass is 462 g/mol. The number of hydrogen-bond acceptors (Lipinski definition) is 3. The molecule has 0 saturated heterocycles. The van der Waals surface area contributed by atoms with Gasteiger partial charge in [0.2, 0.25) is 10.0 Å². The molecule has 1 saturated carbocycles. The molecule has 1 amide bonds. The Balaban J connectivity index is 1.41. The predicted octanol–water partition coefficient (Wildman–Crippen LogP) is 5.24. The summed E-state index contributed by atoms with van der Waals surface area (Å²) in [5.74, 6) is 0.0550. The summed E-state index contributed by atoms with van der Waals surface area (Å²) in [6.07, 6.45) is 5.80. The van der Waals surface area contributed by atoms with E-state index in [4.69, 9.17) is 0 Å². The molecule has 172 valence electrons. The minimum Gasteiger partial charge on any atom is -0.339 e. The second-order valence-electron chi connectivity index (χ2n) is 8.62. The summed E-state index contributed by atoms with van der Waals surface area (Å²) in [4.78, 5) is 15.0. The van der Waals surface area contributed by atoms with Crippen LogP contribution in [0.5, 0.6) is 0 Å². The number of hydrogen-bond donors (Lipinski definition) is 1. The molecular formula is C27H30N2O3S. The van der Waals surface area contributed by atoms with Crippen LogP contribution in [0.2, 0.25) is 0 Å². The van der Waals surface area contributed by atoms with Crippen molar-refractivity contribution in [1.82, 2.24) is 9.62 Å². The first-order chi connectivity index (χ1) is 15.9. The lowest BCUT2D eigenvalue weighted by Gasteiger charge is -2.31. The molecule has 0 radical (unpaired) electrons. The molecule has 0 bridgehead atoms. The number of carbonyl (C=O) groups is 1. The molecule has 3 aromatic carbocycles. The van der Waals surface area contributed by atoms with Gasteiger partial charge in [-0.15, -0.1) is 0 Å². The van der Waals surface area contributed by atoms with Crippen molar-refractivity contribution in [3.63, 3.8) is 0 Å². The zero-order chi connectivity index (χ0) is 23.3. The molecule has 1 fully saturated rings. The van der Waals surface area contributed by atoms with Crippen LogP contribution in [-0.4, -0.2) is 32.3 Å². The molecule has 1 aliphatic carbocycles. The predicted molar refractivity (Wildman–Crippen MR) is 131 cm³/mol. The number of rotatable bonds is 7. The molecule has 5 nitrogen and oxygen atoms in total. The lowest BCUT2D eigenvalue weighted by Crippen LogP contribution is -2.38. The molecule has 0 aromatic heterocycles. The van der Waals surface area contributed by atoms with Crippen molar-refractivity contribution in [2.75, 3.05) is 7.05 Å². The Bertz CT molecular complexity index is 1170. The van der Waals surface area contributed by atoms with Gasteiger partial charge in [0.05, 0.1) is 4.90 Å². The van der Waals surface area contributed by atoms with Crippen molar-refractivity contribution in [3.8, 4) is 11.1 Å². The van der Waals surface area contributed by atoms with Crippen LogP contribution < -0.4 is 4.72 Å². The Hall–Kier alpha value is -2.96. The highest BCUT2D eigenvalue weighted by Crippen LogP contribution is 2.25. The van der Waals surface area contributed by atoms with Crippen molar-refractivity contribution >= 4 is 15.9 Å². The maximum atomic E-state index is 12.9. The molecule has 0 spiro atoms. The number of nitrogens with one attached hydrogen (secondary N) is 1. The van der Waals surface area contributed by atoms with Crippen molar-refractivity contribution in [3.05, 3.63) is 90.0 Å². The molecule has 4 rings (SSSR count). The van der Waals surface area contributed by atoms with E-state index in [-0.39, 0.29) is 17.3 Å². The normalized spacial score (nSPS) is 14.7. The fraction of sp³-hybridized carbons (Fsp3) is 0.296. The van der Waals surface area contributed by atoms with Crippen LogP contribution in [0.4, 0.5) is 0 Å². The fourth-order valence-corrected chi connectivity index (χ4v) is 5.34.